The van der Waals surface area contributed by atoms with Crippen molar-refractivity contribution in [3.05, 3.63) is 42.6 Å². The van der Waals surface area contributed by atoms with Crippen molar-refractivity contribution < 1.29 is 9.53 Å². The summed E-state index contributed by atoms with van der Waals surface area (Å²) in [4.78, 5) is 19.7. The summed E-state index contributed by atoms with van der Waals surface area (Å²) in [5.41, 5.74) is 2.21. The van der Waals surface area contributed by atoms with Gasteiger partial charge in [-0.25, -0.2) is 4.98 Å². The molecule has 1 amide bonds. The first-order valence-corrected chi connectivity index (χ1v) is 8.69. The van der Waals surface area contributed by atoms with E-state index in [-0.39, 0.29) is 12.0 Å². The van der Waals surface area contributed by atoms with Crippen LogP contribution in [0, 0.1) is 0 Å². The molecule has 132 valence electrons. The van der Waals surface area contributed by atoms with Crippen LogP contribution in [0.15, 0.2) is 42.6 Å². The minimum atomic E-state index is 0.150. The van der Waals surface area contributed by atoms with Crippen molar-refractivity contribution in [2.75, 3.05) is 32.1 Å². The van der Waals surface area contributed by atoms with Gasteiger partial charge in [-0.2, -0.15) is 0 Å². The molecule has 1 aromatic heterocycles. The molecule has 3 rings (SSSR count). The Morgan fingerprint density at radius 3 is 2.24 bits per heavy atom. The fraction of sp³-hybridized carbons (Fsp3) is 0.400. The van der Waals surface area contributed by atoms with Crippen LogP contribution in [0.2, 0.25) is 0 Å². The smallest absolute Gasteiger partial charge is 0.219 e. The average molecular weight is 339 g/mol. The number of rotatable bonds is 4. The SMILES string of the molecule is CC(=O)N1CCC(Oc2ccc(-c3ccc(N(C)C)nc3)cc2)CC1. The second-order valence-electron chi connectivity index (χ2n) is 6.65. The van der Waals surface area contributed by atoms with Gasteiger partial charge in [-0.05, 0) is 29.8 Å². The molecule has 0 spiro atoms. The monoisotopic (exact) mass is 339 g/mol. The van der Waals surface area contributed by atoms with Crippen molar-refractivity contribution in [2.45, 2.75) is 25.9 Å². The molecule has 0 aliphatic carbocycles. The first kappa shape index (κ1) is 17.3. The Morgan fingerprint density at radius 2 is 1.72 bits per heavy atom. The predicted octanol–water partition coefficient (Wildman–Crippen LogP) is 3.20. The van der Waals surface area contributed by atoms with Gasteiger partial charge in [0.15, 0.2) is 0 Å². The Morgan fingerprint density at radius 1 is 1.08 bits per heavy atom. The van der Waals surface area contributed by atoms with Crippen molar-refractivity contribution in [1.82, 2.24) is 9.88 Å². The third-order valence-corrected chi connectivity index (χ3v) is 4.58. The van der Waals surface area contributed by atoms with Crippen LogP contribution in [0.1, 0.15) is 19.8 Å². The lowest BCUT2D eigenvalue weighted by molar-refractivity contribution is -0.130. The molecule has 2 heterocycles. The Labute approximate surface area is 149 Å². The minimum Gasteiger partial charge on any atom is -0.490 e. The zero-order chi connectivity index (χ0) is 17.8. The second-order valence-corrected chi connectivity index (χ2v) is 6.65. The number of aromatic nitrogens is 1. The molecule has 0 radical (unpaired) electrons. The number of nitrogens with zero attached hydrogens (tertiary/aromatic N) is 3. The van der Waals surface area contributed by atoms with Gasteiger partial charge in [-0.3, -0.25) is 4.79 Å². The molecular formula is C20H25N3O2. The molecule has 0 bridgehead atoms. The van der Waals surface area contributed by atoms with E-state index in [1.165, 1.54) is 0 Å². The second kappa shape index (κ2) is 7.55. The van der Waals surface area contributed by atoms with Crippen LogP contribution in [-0.2, 0) is 4.79 Å². The summed E-state index contributed by atoms with van der Waals surface area (Å²) in [6, 6.07) is 12.2. The molecule has 1 saturated heterocycles. The number of hydrogen-bond acceptors (Lipinski definition) is 4. The van der Waals surface area contributed by atoms with Crippen LogP contribution in [0.4, 0.5) is 5.82 Å². The predicted molar refractivity (Wildman–Crippen MR) is 99.9 cm³/mol. The van der Waals surface area contributed by atoms with Crippen molar-refractivity contribution in [3.63, 3.8) is 0 Å². The van der Waals surface area contributed by atoms with Crippen molar-refractivity contribution in [1.29, 1.82) is 0 Å². The molecule has 0 N–H and O–H groups in total. The molecule has 0 unspecified atom stereocenters. The average Bonchev–Trinajstić information content (AvgIpc) is 2.63. The Kier molecular flexibility index (Phi) is 5.22. The van der Waals surface area contributed by atoms with Gasteiger partial charge in [-0.1, -0.05) is 12.1 Å². The van der Waals surface area contributed by atoms with Crippen LogP contribution >= 0.6 is 0 Å². The number of pyridine rings is 1. The van der Waals surface area contributed by atoms with Gasteiger partial charge in [-0.15, -0.1) is 0 Å². The van der Waals surface area contributed by atoms with Crippen molar-refractivity contribution in [2.24, 2.45) is 0 Å². The van der Waals surface area contributed by atoms with E-state index in [0.717, 1.165) is 48.6 Å². The fourth-order valence-corrected chi connectivity index (χ4v) is 3.03. The highest BCUT2D eigenvalue weighted by atomic mass is 16.5. The number of benzene rings is 1. The van der Waals surface area contributed by atoms with Gasteiger partial charge in [0, 0.05) is 58.7 Å². The Hall–Kier alpha value is -2.56. The van der Waals surface area contributed by atoms with Gasteiger partial charge < -0.3 is 14.5 Å². The molecule has 0 saturated carbocycles. The summed E-state index contributed by atoms with van der Waals surface area (Å²) in [6.45, 7) is 3.18. The van der Waals surface area contributed by atoms with E-state index in [1.54, 1.807) is 6.92 Å². The van der Waals surface area contributed by atoms with Gasteiger partial charge in [0.1, 0.15) is 17.7 Å². The number of piperidine rings is 1. The van der Waals surface area contributed by atoms with Gasteiger partial charge in [0.25, 0.3) is 0 Å². The van der Waals surface area contributed by atoms with Crippen LogP contribution in [0.3, 0.4) is 0 Å². The molecule has 5 heteroatoms. The van der Waals surface area contributed by atoms with E-state index in [2.05, 4.69) is 23.2 Å². The molecule has 2 aromatic rings. The summed E-state index contributed by atoms with van der Waals surface area (Å²) in [5.74, 6) is 1.97. The molecule has 5 nitrogen and oxygen atoms in total. The molecule has 0 atom stereocenters. The number of amides is 1. The third kappa shape index (κ3) is 4.29. The fourth-order valence-electron chi connectivity index (χ4n) is 3.03. The lowest BCUT2D eigenvalue weighted by Gasteiger charge is -2.31. The van der Waals surface area contributed by atoms with E-state index < -0.39 is 0 Å². The van der Waals surface area contributed by atoms with Crippen molar-refractivity contribution >= 4 is 11.7 Å². The maximum atomic E-state index is 11.4. The van der Waals surface area contributed by atoms with Gasteiger partial charge in [0.2, 0.25) is 5.91 Å². The standard InChI is InChI=1S/C20H25N3O2/c1-15(24)23-12-10-19(11-13-23)25-18-7-4-16(5-8-18)17-6-9-20(21-14-17)22(2)3/h4-9,14,19H,10-13H2,1-3H3. The summed E-state index contributed by atoms with van der Waals surface area (Å²) < 4.78 is 6.06. The zero-order valence-corrected chi connectivity index (χ0v) is 15.1. The van der Waals surface area contributed by atoms with Crippen LogP contribution in [0.25, 0.3) is 11.1 Å². The summed E-state index contributed by atoms with van der Waals surface area (Å²) in [6.07, 6.45) is 3.85. The molecular weight excluding hydrogens is 314 g/mol. The number of carbonyl (C=O) groups excluding carboxylic acids is 1. The first-order valence-electron chi connectivity index (χ1n) is 8.69. The Bertz CT molecular complexity index is 703. The quantitative estimate of drug-likeness (QED) is 0.858. The summed E-state index contributed by atoms with van der Waals surface area (Å²) in [7, 11) is 3.96. The zero-order valence-electron chi connectivity index (χ0n) is 15.1. The Balaban J connectivity index is 1.60. The summed E-state index contributed by atoms with van der Waals surface area (Å²) >= 11 is 0. The molecule has 1 aromatic carbocycles. The molecule has 25 heavy (non-hydrogen) atoms. The number of anilines is 1. The minimum absolute atomic E-state index is 0.150. The maximum absolute atomic E-state index is 11.4. The van der Waals surface area contributed by atoms with Crippen LogP contribution < -0.4 is 9.64 Å². The molecule has 1 fully saturated rings. The number of carbonyl (C=O) groups is 1. The first-order chi connectivity index (χ1) is 12.0. The highest BCUT2D eigenvalue weighted by Crippen LogP contribution is 2.25. The highest BCUT2D eigenvalue weighted by molar-refractivity contribution is 5.73. The number of hydrogen-bond donors (Lipinski definition) is 0. The van der Waals surface area contributed by atoms with E-state index in [1.807, 2.05) is 48.3 Å². The lowest BCUT2D eigenvalue weighted by Crippen LogP contribution is -2.40. The maximum Gasteiger partial charge on any atom is 0.219 e. The number of ether oxygens (including phenoxy) is 1. The van der Waals surface area contributed by atoms with Gasteiger partial charge in [0.05, 0.1) is 0 Å². The van der Waals surface area contributed by atoms with E-state index >= 15 is 0 Å². The van der Waals surface area contributed by atoms with Crippen LogP contribution in [0.5, 0.6) is 5.75 Å². The molecule has 1 aliphatic heterocycles. The van der Waals surface area contributed by atoms with Gasteiger partial charge >= 0.3 is 0 Å². The van der Waals surface area contributed by atoms with Crippen LogP contribution in [-0.4, -0.2) is 49.1 Å². The van der Waals surface area contributed by atoms with E-state index in [4.69, 9.17) is 4.74 Å². The van der Waals surface area contributed by atoms with E-state index in [0.29, 0.717) is 0 Å². The van der Waals surface area contributed by atoms with E-state index in [9.17, 15) is 4.79 Å². The topological polar surface area (TPSA) is 45.7 Å². The highest BCUT2D eigenvalue weighted by Gasteiger charge is 2.21. The number of likely N-dealkylation sites (tertiary alicyclic amines) is 1. The van der Waals surface area contributed by atoms with Crippen molar-refractivity contribution in [3.8, 4) is 16.9 Å². The third-order valence-electron chi connectivity index (χ3n) is 4.58. The normalized spacial score (nSPS) is 15.1. The largest absolute Gasteiger partial charge is 0.490 e. The molecule has 1 aliphatic rings. The summed E-state index contributed by atoms with van der Waals surface area (Å²) in [5, 5.41) is 0. The lowest BCUT2D eigenvalue weighted by atomic mass is 10.1.